The average Bonchev–Trinajstić information content (AvgIpc) is 2.54. The Morgan fingerprint density at radius 3 is 2.32 bits per heavy atom. The van der Waals surface area contributed by atoms with Crippen molar-refractivity contribution < 1.29 is 13.2 Å². The Labute approximate surface area is 152 Å². The highest BCUT2D eigenvalue weighted by molar-refractivity contribution is 7.89. The van der Waals surface area contributed by atoms with Gasteiger partial charge in [-0.15, -0.1) is 0 Å². The van der Waals surface area contributed by atoms with Gasteiger partial charge in [0.05, 0.1) is 24.5 Å². The first-order valence-electron chi connectivity index (χ1n) is 9.48. The number of hydrogen-bond donors (Lipinski definition) is 1. The maximum Gasteiger partial charge on any atom is 0.216 e. The number of hydrogen-bond acceptors (Lipinski definition) is 4. The lowest BCUT2D eigenvalue weighted by Crippen LogP contribution is -2.49. The molecule has 2 unspecified atom stereocenters. The minimum atomic E-state index is -3.30. The lowest BCUT2D eigenvalue weighted by Gasteiger charge is -2.34. The number of piperidine rings is 1. The lowest BCUT2D eigenvalue weighted by atomic mass is 10.00. The smallest absolute Gasteiger partial charge is 0.216 e. The quantitative estimate of drug-likeness (QED) is 0.577. The van der Waals surface area contributed by atoms with Crippen molar-refractivity contribution in [3.63, 3.8) is 0 Å². The van der Waals surface area contributed by atoms with Gasteiger partial charge in [0.1, 0.15) is 0 Å². The monoisotopic (exact) mass is 374 g/mol. The Morgan fingerprint density at radius 1 is 1.16 bits per heavy atom. The van der Waals surface area contributed by atoms with Gasteiger partial charge in [-0.3, -0.25) is 4.99 Å². The van der Waals surface area contributed by atoms with E-state index in [1.54, 1.807) is 4.31 Å². The van der Waals surface area contributed by atoms with E-state index >= 15 is 0 Å². The van der Waals surface area contributed by atoms with E-state index in [0.29, 0.717) is 13.1 Å². The van der Waals surface area contributed by atoms with E-state index in [-0.39, 0.29) is 24.5 Å². The van der Waals surface area contributed by atoms with Gasteiger partial charge in [-0.2, -0.15) is 4.31 Å². The van der Waals surface area contributed by atoms with Gasteiger partial charge in [-0.05, 0) is 39.5 Å². The molecule has 0 saturated carbocycles. The summed E-state index contributed by atoms with van der Waals surface area (Å²) in [5, 5.41) is 3.29. The van der Waals surface area contributed by atoms with Crippen LogP contribution >= 0.6 is 0 Å². The highest BCUT2D eigenvalue weighted by Crippen LogP contribution is 2.17. The highest BCUT2D eigenvalue weighted by atomic mass is 32.2. The van der Waals surface area contributed by atoms with Crippen molar-refractivity contribution in [2.75, 3.05) is 45.0 Å². The number of nitrogens with zero attached hydrogens (tertiary/aromatic N) is 3. The Bertz CT molecular complexity index is 534. The summed E-state index contributed by atoms with van der Waals surface area (Å²) in [5.41, 5.74) is 0. The molecule has 1 N–H and O–H groups in total. The first-order chi connectivity index (χ1) is 11.8. The number of nitrogens with one attached hydrogen (secondary N) is 1. The predicted molar refractivity (Wildman–Crippen MR) is 101 cm³/mol. The van der Waals surface area contributed by atoms with E-state index in [0.717, 1.165) is 44.4 Å². The van der Waals surface area contributed by atoms with Crippen molar-refractivity contribution in [2.45, 2.75) is 52.7 Å². The molecule has 2 aliphatic heterocycles. The molecule has 2 heterocycles. The number of rotatable bonds is 5. The van der Waals surface area contributed by atoms with E-state index in [1.807, 2.05) is 20.8 Å². The van der Waals surface area contributed by atoms with Crippen molar-refractivity contribution in [3.05, 3.63) is 0 Å². The molecule has 8 heteroatoms. The number of morpholine rings is 1. The molecule has 2 saturated heterocycles. The number of guanidine groups is 1. The Kier molecular flexibility index (Phi) is 7.51. The fraction of sp³-hybridized carbons (Fsp3) is 0.941. The third-order valence-corrected chi connectivity index (χ3v) is 6.59. The van der Waals surface area contributed by atoms with Crippen LogP contribution in [0.25, 0.3) is 0 Å². The van der Waals surface area contributed by atoms with Crippen LogP contribution in [0.3, 0.4) is 0 Å². The van der Waals surface area contributed by atoms with Crippen LogP contribution in [0.4, 0.5) is 0 Å². The topological polar surface area (TPSA) is 74.2 Å². The molecule has 0 aromatic heterocycles. The van der Waals surface area contributed by atoms with Crippen LogP contribution in [-0.4, -0.2) is 80.8 Å². The Morgan fingerprint density at radius 2 is 1.76 bits per heavy atom. The second-order valence-electron chi connectivity index (χ2n) is 7.30. The van der Waals surface area contributed by atoms with Crippen molar-refractivity contribution in [3.8, 4) is 0 Å². The van der Waals surface area contributed by atoms with E-state index < -0.39 is 10.0 Å². The maximum atomic E-state index is 12.6. The first kappa shape index (κ1) is 20.5. The van der Waals surface area contributed by atoms with E-state index in [4.69, 9.17) is 4.74 Å². The third kappa shape index (κ3) is 6.11. The van der Waals surface area contributed by atoms with Gasteiger partial charge in [0, 0.05) is 32.7 Å². The van der Waals surface area contributed by atoms with Crippen LogP contribution in [0.5, 0.6) is 0 Å². The molecule has 2 aliphatic rings. The molecule has 0 amide bonds. The number of ether oxygens (including phenoxy) is 1. The molecule has 2 fully saturated rings. The number of aliphatic imine (C=N–C) groups is 1. The van der Waals surface area contributed by atoms with Crippen molar-refractivity contribution in [1.82, 2.24) is 14.5 Å². The Balaban J connectivity index is 1.93. The number of likely N-dealkylation sites (tertiary alicyclic amines) is 1. The summed E-state index contributed by atoms with van der Waals surface area (Å²) in [6.45, 7) is 12.0. The molecule has 0 bridgehead atoms. The first-order valence-corrected chi connectivity index (χ1v) is 11.1. The third-order valence-electron chi connectivity index (χ3n) is 4.81. The van der Waals surface area contributed by atoms with Gasteiger partial charge in [0.25, 0.3) is 0 Å². The van der Waals surface area contributed by atoms with Crippen molar-refractivity contribution >= 4 is 16.0 Å². The van der Waals surface area contributed by atoms with Crippen LogP contribution in [0.15, 0.2) is 4.99 Å². The summed E-state index contributed by atoms with van der Waals surface area (Å²) in [6, 6.07) is 0. The molecular weight excluding hydrogens is 340 g/mol. The molecule has 25 heavy (non-hydrogen) atoms. The summed E-state index contributed by atoms with van der Waals surface area (Å²) in [4.78, 5) is 6.82. The van der Waals surface area contributed by atoms with Crippen LogP contribution in [-0.2, 0) is 14.8 Å². The van der Waals surface area contributed by atoms with Gasteiger partial charge in [-0.25, -0.2) is 8.42 Å². The zero-order valence-electron chi connectivity index (χ0n) is 16.1. The SMILES string of the molecule is CCNC(=NCCS(=O)(=O)N1CC(C)OC(C)C1)N1CCC(C)CC1. The van der Waals surface area contributed by atoms with E-state index in [2.05, 4.69) is 22.1 Å². The second kappa shape index (κ2) is 9.19. The fourth-order valence-corrected chi connectivity index (χ4v) is 4.85. The minimum Gasteiger partial charge on any atom is -0.373 e. The highest BCUT2D eigenvalue weighted by Gasteiger charge is 2.30. The predicted octanol–water partition coefficient (Wildman–Crippen LogP) is 1.12. The molecule has 146 valence electrons. The lowest BCUT2D eigenvalue weighted by molar-refractivity contribution is -0.0440. The minimum absolute atomic E-state index is 0.0472. The van der Waals surface area contributed by atoms with E-state index in [1.165, 1.54) is 0 Å². The molecule has 0 aromatic rings. The molecule has 0 radical (unpaired) electrons. The summed E-state index contributed by atoms with van der Waals surface area (Å²) >= 11 is 0. The summed E-state index contributed by atoms with van der Waals surface area (Å²) < 4.78 is 32.4. The molecular formula is C17H34N4O3S. The summed E-state index contributed by atoms with van der Waals surface area (Å²) in [6.07, 6.45) is 2.20. The summed E-state index contributed by atoms with van der Waals surface area (Å²) in [5.74, 6) is 1.64. The van der Waals surface area contributed by atoms with Crippen molar-refractivity contribution in [1.29, 1.82) is 0 Å². The van der Waals surface area contributed by atoms with Crippen LogP contribution in [0.1, 0.15) is 40.5 Å². The fourth-order valence-electron chi connectivity index (χ4n) is 3.40. The molecule has 2 rings (SSSR count). The Hall–Kier alpha value is -0.860. The van der Waals surface area contributed by atoms with E-state index in [9.17, 15) is 8.42 Å². The van der Waals surface area contributed by atoms with Crippen LogP contribution in [0, 0.1) is 5.92 Å². The van der Waals surface area contributed by atoms with Crippen LogP contribution < -0.4 is 5.32 Å². The standard InChI is InChI=1S/C17H34N4O3S/c1-5-18-17(20-9-6-14(2)7-10-20)19-8-11-25(22,23)21-12-15(3)24-16(4)13-21/h14-16H,5-13H2,1-4H3,(H,18,19). The summed E-state index contributed by atoms with van der Waals surface area (Å²) in [7, 11) is -3.30. The van der Waals surface area contributed by atoms with Gasteiger partial charge in [-0.1, -0.05) is 6.92 Å². The molecule has 0 aliphatic carbocycles. The largest absolute Gasteiger partial charge is 0.373 e. The normalized spacial score (nSPS) is 27.5. The average molecular weight is 375 g/mol. The maximum absolute atomic E-state index is 12.6. The molecule has 0 aromatic carbocycles. The van der Waals surface area contributed by atoms with Gasteiger partial charge in [0.15, 0.2) is 5.96 Å². The zero-order chi connectivity index (χ0) is 18.4. The van der Waals surface area contributed by atoms with Gasteiger partial charge >= 0.3 is 0 Å². The second-order valence-corrected chi connectivity index (χ2v) is 9.38. The molecule has 0 spiro atoms. The van der Waals surface area contributed by atoms with Crippen LogP contribution in [0.2, 0.25) is 0 Å². The van der Waals surface area contributed by atoms with Gasteiger partial charge < -0.3 is 15.0 Å². The van der Waals surface area contributed by atoms with Gasteiger partial charge in [0.2, 0.25) is 10.0 Å². The number of sulfonamides is 1. The van der Waals surface area contributed by atoms with Crippen molar-refractivity contribution in [2.24, 2.45) is 10.9 Å². The molecule has 2 atom stereocenters. The zero-order valence-corrected chi connectivity index (χ0v) is 16.9. The molecule has 7 nitrogen and oxygen atoms in total.